The topological polar surface area (TPSA) is 54.0 Å². The van der Waals surface area contributed by atoms with E-state index in [0.29, 0.717) is 18.0 Å². The van der Waals surface area contributed by atoms with Gasteiger partial charge in [-0.3, -0.25) is 4.90 Å². The predicted molar refractivity (Wildman–Crippen MR) is 128 cm³/mol. The molecule has 1 N–H and O–H groups in total. The highest BCUT2D eigenvalue weighted by Crippen LogP contribution is 2.33. The van der Waals surface area contributed by atoms with Gasteiger partial charge in [0.05, 0.1) is 5.69 Å². The fourth-order valence-corrected chi connectivity index (χ4v) is 4.58. The third-order valence-corrected chi connectivity index (χ3v) is 6.41. The van der Waals surface area contributed by atoms with Crippen LogP contribution in [0.15, 0.2) is 72.8 Å². The fourth-order valence-electron chi connectivity index (χ4n) is 4.58. The lowest BCUT2D eigenvalue weighted by Gasteiger charge is -2.38. The summed E-state index contributed by atoms with van der Waals surface area (Å²) in [6.07, 6.45) is 1.70. The maximum Gasteiger partial charge on any atom is 0.322 e. The molecule has 0 saturated carbocycles. The quantitative estimate of drug-likeness (QED) is 0.545. The number of nitrogens with one attached hydrogen (secondary N) is 1. The zero-order valence-electron chi connectivity index (χ0n) is 19.0. The predicted octanol–water partition coefficient (Wildman–Crippen LogP) is 5.25. The lowest BCUT2D eigenvalue weighted by atomic mass is 10.0. The maximum atomic E-state index is 14.2. The number of nitrogens with zero attached hydrogens (tertiary/aromatic N) is 2. The van der Waals surface area contributed by atoms with Crippen LogP contribution in [0.25, 0.3) is 0 Å². The molecule has 0 spiro atoms. The second-order valence-electron chi connectivity index (χ2n) is 8.72. The van der Waals surface area contributed by atoms with E-state index in [-0.39, 0.29) is 24.6 Å². The summed E-state index contributed by atoms with van der Waals surface area (Å²) in [5.74, 6) is 0.946. The van der Waals surface area contributed by atoms with E-state index in [9.17, 15) is 9.18 Å². The van der Waals surface area contributed by atoms with Crippen LogP contribution >= 0.6 is 0 Å². The summed E-state index contributed by atoms with van der Waals surface area (Å²) in [7, 11) is 0. The number of urea groups is 1. The largest absolute Gasteiger partial charge is 0.454 e. The molecule has 0 aliphatic carbocycles. The Bertz CT molecular complexity index is 1130. The van der Waals surface area contributed by atoms with Crippen molar-refractivity contribution in [3.63, 3.8) is 0 Å². The average Bonchev–Trinajstić information content (AvgIpc) is 3.33. The van der Waals surface area contributed by atoms with Crippen molar-refractivity contribution in [1.29, 1.82) is 0 Å². The van der Waals surface area contributed by atoms with Crippen LogP contribution in [-0.4, -0.2) is 41.8 Å². The van der Waals surface area contributed by atoms with Crippen molar-refractivity contribution >= 4 is 11.7 Å². The van der Waals surface area contributed by atoms with Crippen LogP contribution in [0.3, 0.4) is 0 Å². The molecule has 6 nitrogen and oxygen atoms in total. The molecule has 3 aromatic rings. The van der Waals surface area contributed by atoms with Crippen LogP contribution < -0.4 is 14.8 Å². The number of carbonyl (C=O) groups is 1. The number of fused-ring (bicyclic) bond motifs is 1. The number of rotatable bonds is 6. The van der Waals surface area contributed by atoms with Crippen molar-refractivity contribution in [2.75, 3.05) is 25.2 Å². The standard InChI is InChI=1S/C27H28FN3O3/c28-23-8-4-5-9-24(23)29-27(32)31(18-21-10-11-25-26(16-21)34-19-33-25)22-12-14-30(15-13-22)17-20-6-2-1-3-7-20/h1-11,16,22H,12-15,17-19H2,(H,29,32). The number of hydrogen-bond donors (Lipinski definition) is 1. The van der Waals surface area contributed by atoms with Crippen molar-refractivity contribution in [2.24, 2.45) is 0 Å². The van der Waals surface area contributed by atoms with Crippen molar-refractivity contribution in [1.82, 2.24) is 9.80 Å². The number of anilines is 1. The molecule has 1 saturated heterocycles. The van der Waals surface area contributed by atoms with Gasteiger partial charge in [0.1, 0.15) is 5.82 Å². The first kappa shape index (κ1) is 22.2. The van der Waals surface area contributed by atoms with Gasteiger partial charge in [0.25, 0.3) is 0 Å². The Balaban J connectivity index is 1.30. The van der Waals surface area contributed by atoms with Gasteiger partial charge < -0.3 is 19.7 Å². The van der Waals surface area contributed by atoms with E-state index in [1.165, 1.54) is 11.6 Å². The molecule has 2 amide bonds. The molecule has 0 atom stereocenters. The molecule has 5 rings (SSSR count). The van der Waals surface area contributed by atoms with Crippen LogP contribution in [0.5, 0.6) is 11.5 Å². The molecule has 0 radical (unpaired) electrons. The Labute approximate surface area is 198 Å². The molecule has 2 heterocycles. The van der Waals surface area contributed by atoms with Gasteiger partial charge in [-0.05, 0) is 48.2 Å². The fraction of sp³-hybridized carbons (Fsp3) is 0.296. The number of carbonyl (C=O) groups excluding carboxylic acids is 1. The highest BCUT2D eigenvalue weighted by Gasteiger charge is 2.29. The van der Waals surface area contributed by atoms with Crippen LogP contribution in [-0.2, 0) is 13.1 Å². The summed E-state index contributed by atoms with van der Waals surface area (Å²) < 4.78 is 25.1. The van der Waals surface area contributed by atoms with Gasteiger partial charge in [-0.15, -0.1) is 0 Å². The third kappa shape index (κ3) is 5.15. The number of halogens is 1. The van der Waals surface area contributed by atoms with E-state index in [1.54, 1.807) is 18.2 Å². The number of benzene rings is 3. The van der Waals surface area contributed by atoms with Gasteiger partial charge >= 0.3 is 6.03 Å². The van der Waals surface area contributed by atoms with Gasteiger partial charge in [-0.25, -0.2) is 9.18 Å². The molecule has 3 aromatic carbocycles. The zero-order valence-corrected chi connectivity index (χ0v) is 19.0. The highest BCUT2D eigenvalue weighted by atomic mass is 19.1. The van der Waals surface area contributed by atoms with E-state index in [0.717, 1.165) is 38.0 Å². The molecular formula is C27H28FN3O3. The number of amides is 2. The minimum absolute atomic E-state index is 0.0456. The van der Waals surface area contributed by atoms with Crippen LogP contribution in [0, 0.1) is 5.82 Å². The lowest BCUT2D eigenvalue weighted by molar-refractivity contribution is 0.119. The average molecular weight is 462 g/mol. The molecule has 0 bridgehead atoms. The number of likely N-dealkylation sites (tertiary alicyclic amines) is 1. The van der Waals surface area contributed by atoms with E-state index in [4.69, 9.17) is 9.47 Å². The van der Waals surface area contributed by atoms with Crippen molar-refractivity contribution in [3.05, 3.63) is 89.7 Å². The number of piperidine rings is 1. The number of ether oxygens (including phenoxy) is 2. The summed E-state index contributed by atoms with van der Waals surface area (Å²) in [6.45, 7) is 3.29. The molecule has 34 heavy (non-hydrogen) atoms. The maximum absolute atomic E-state index is 14.2. The lowest BCUT2D eigenvalue weighted by Crippen LogP contribution is -2.48. The summed E-state index contributed by atoms with van der Waals surface area (Å²) in [4.78, 5) is 17.6. The van der Waals surface area contributed by atoms with Gasteiger partial charge in [0, 0.05) is 32.2 Å². The summed E-state index contributed by atoms with van der Waals surface area (Å²) in [5.41, 5.74) is 2.42. The second-order valence-corrected chi connectivity index (χ2v) is 8.72. The second kappa shape index (κ2) is 10.1. The number of hydrogen-bond acceptors (Lipinski definition) is 4. The molecule has 7 heteroatoms. The number of para-hydroxylation sites is 1. The monoisotopic (exact) mass is 461 g/mol. The van der Waals surface area contributed by atoms with E-state index >= 15 is 0 Å². The zero-order chi connectivity index (χ0) is 23.3. The van der Waals surface area contributed by atoms with E-state index < -0.39 is 5.82 Å². The molecule has 2 aliphatic heterocycles. The first-order chi connectivity index (χ1) is 16.7. The van der Waals surface area contributed by atoms with Crippen molar-refractivity contribution in [2.45, 2.75) is 32.0 Å². The first-order valence-corrected chi connectivity index (χ1v) is 11.6. The van der Waals surface area contributed by atoms with Crippen LogP contribution in [0.4, 0.5) is 14.9 Å². The molecule has 176 valence electrons. The Morgan fingerprint density at radius 1 is 0.941 bits per heavy atom. The SMILES string of the molecule is O=C(Nc1ccccc1F)N(Cc1ccc2c(c1)OCO2)C1CCN(Cc2ccccc2)CC1. The first-order valence-electron chi connectivity index (χ1n) is 11.6. The molecular weight excluding hydrogens is 433 g/mol. The van der Waals surface area contributed by atoms with Crippen molar-refractivity contribution in [3.8, 4) is 11.5 Å². The van der Waals surface area contributed by atoms with Crippen LogP contribution in [0.1, 0.15) is 24.0 Å². The molecule has 0 unspecified atom stereocenters. The van der Waals surface area contributed by atoms with Gasteiger partial charge in [-0.1, -0.05) is 48.5 Å². The summed E-state index contributed by atoms with van der Waals surface area (Å²) in [5, 5.41) is 2.77. The summed E-state index contributed by atoms with van der Waals surface area (Å²) >= 11 is 0. The highest BCUT2D eigenvalue weighted by molar-refractivity contribution is 5.89. The third-order valence-electron chi connectivity index (χ3n) is 6.41. The van der Waals surface area contributed by atoms with E-state index in [1.807, 2.05) is 29.2 Å². The van der Waals surface area contributed by atoms with Crippen LogP contribution in [0.2, 0.25) is 0 Å². The smallest absolute Gasteiger partial charge is 0.322 e. The normalized spacial score (nSPS) is 15.8. The Morgan fingerprint density at radius 3 is 2.47 bits per heavy atom. The Morgan fingerprint density at radius 2 is 1.68 bits per heavy atom. The Kier molecular flexibility index (Phi) is 6.62. The Hall–Kier alpha value is -3.58. The minimum atomic E-state index is -0.448. The molecule has 0 aromatic heterocycles. The molecule has 2 aliphatic rings. The minimum Gasteiger partial charge on any atom is -0.454 e. The van der Waals surface area contributed by atoms with E-state index in [2.05, 4.69) is 34.5 Å². The summed E-state index contributed by atoms with van der Waals surface area (Å²) in [6, 6.07) is 22.1. The van der Waals surface area contributed by atoms with Crippen molar-refractivity contribution < 1.29 is 18.7 Å². The molecule has 1 fully saturated rings. The van der Waals surface area contributed by atoms with Gasteiger partial charge in [-0.2, -0.15) is 0 Å². The van der Waals surface area contributed by atoms with Gasteiger partial charge in [0.15, 0.2) is 11.5 Å². The van der Waals surface area contributed by atoms with Gasteiger partial charge in [0.2, 0.25) is 6.79 Å².